The Morgan fingerprint density at radius 2 is 1.95 bits per heavy atom. The molecule has 8 heteroatoms. The van der Waals surface area contributed by atoms with Crippen molar-refractivity contribution in [1.82, 2.24) is 14.5 Å². The molecular weight excluding hydrogens is 314 g/mol. The van der Waals surface area contributed by atoms with E-state index in [2.05, 4.69) is 9.82 Å². The number of halogens is 1. The van der Waals surface area contributed by atoms with Gasteiger partial charge in [0.1, 0.15) is 10.0 Å². The Labute approximate surface area is 128 Å². The number of nitrogens with zero attached hydrogens (tertiary/aromatic N) is 2. The van der Waals surface area contributed by atoms with Crippen molar-refractivity contribution in [2.45, 2.75) is 25.0 Å². The van der Waals surface area contributed by atoms with Gasteiger partial charge in [-0.2, -0.15) is 5.10 Å². The Balaban J connectivity index is 2.26. The highest BCUT2D eigenvalue weighted by Crippen LogP contribution is 2.24. The molecule has 0 saturated carbocycles. The number of aliphatic hydroxyl groups is 1. The van der Waals surface area contributed by atoms with E-state index in [1.807, 2.05) is 0 Å². The van der Waals surface area contributed by atoms with E-state index in [0.717, 1.165) is 0 Å². The second-order valence-electron chi connectivity index (χ2n) is 4.58. The number of aliphatic hydroxyl groups excluding tert-OH is 1. The molecule has 0 aliphatic heterocycles. The van der Waals surface area contributed by atoms with E-state index >= 15 is 0 Å². The van der Waals surface area contributed by atoms with Crippen LogP contribution in [-0.4, -0.2) is 23.3 Å². The van der Waals surface area contributed by atoms with Crippen molar-refractivity contribution >= 4 is 21.6 Å². The zero-order valence-corrected chi connectivity index (χ0v) is 13.2. The Hall–Kier alpha value is -1.41. The van der Waals surface area contributed by atoms with Gasteiger partial charge in [0, 0.05) is 13.6 Å². The van der Waals surface area contributed by atoms with Gasteiger partial charge < -0.3 is 5.11 Å². The fourth-order valence-electron chi connectivity index (χ4n) is 2.05. The first-order valence-corrected chi connectivity index (χ1v) is 8.09. The standard InChI is InChI=1S/C13H16ClN3O3S/c1-9-12(13(14)17(2)16-9)21(19,20)15-7-10-5-3-4-6-11(10)8-18/h3-6,15,18H,7-8H2,1-2H3. The van der Waals surface area contributed by atoms with E-state index in [-0.39, 0.29) is 23.2 Å². The third-order valence-electron chi connectivity index (χ3n) is 3.11. The zero-order chi connectivity index (χ0) is 15.6. The van der Waals surface area contributed by atoms with E-state index in [1.54, 1.807) is 38.2 Å². The molecule has 0 aliphatic carbocycles. The number of hydrogen-bond donors (Lipinski definition) is 2. The molecule has 2 rings (SSSR count). The van der Waals surface area contributed by atoms with Crippen molar-refractivity contribution in [3.05, 3.63) is 46.2 Å². The van der Waals surface area contributed by atoms with Crippen LogP contribution < -0.4 is 4.72 Å². The van der Waals surface area contributed by atoms with Crippen LogP contribution in [0.5, 0.6) is 0 Å². The Bertz CT molecular complexity index is 756. The molecule has 0 spiro atoms. The zero-order valence-electron chi connectivity index (χ0n) is 11.7. The summed E-state index contributed by atoms with van der Waals surface area (Å²) in [6, 6.07) is 7.06. The third-order valence-corrected chi connectivity index (χ3v) is 5.21. The number of aromatic nitrogens is 2. The first-order chi connectivity index (χ1) is 9.86. The van der Waals surface area contributed by atoms with Crippen molar-refractivity contribution < 1.29 is 13.5 Å². The van der Waals surface area contributed by atoms with Crippen LogP contribution in [0, 0.1) is 6.92 Å². The summed E-state index contributed by atoms with van der Waals surface area (Å²) in [6.45, 7) is 1.51. The SMILES string of the molecule is Cc1nn(C)c(Cl)c1S(=O)(=O)NCc1ccccc1CO. The molecule has 0 saturated heterocycles. The molecule has 1 aromatic heterocycles. The molecule has 21 heavy (non-hydrogen) atoms. The van der Waals surface area contributed by atoms with Crippen LogP contribution in [0.1, 0.15) is 16.8 Å². The van der Waals surface area contributed by atoms with Gasteiger partial charge in [0.15, 0.2) is 0 Å². The van der Waals surface area contributed by atoms with E-state index in [4.69, 9.17) is 11.6 Å². The summed E-state index contributed by atoms with van der Waals surface area (Å²) in [5.74, 6) is 0. The first kappa shape index (κ1) is 16.0. The summed E-state index contributed by atoms with van der Waals surface area (Å²) in [5.41, 5.74) is 1.72. The maximum absolute atomic E-state index is 12.3. The quantitative estimate of drug-likeness (QED) is 0.867. The molecule has 0 fully saturated rings. The summed E-state index contributed by atoms with van der Waals surface area (Å²) in [4.78, 5) is -0.0202. The minimum absolute atomic E-state index is 0.0202. The summed E-state index contributed by atoms with van der Waals surface area (Å²) in [5, 5.41) is 13.3. The third kappa shape index (κ3) is 3.26. The van der Waals surface area contributed by atoms with E-state index in [0.29, 0.717) is 16.8 Å². The normalized spacial score (nSPS) is 11.8. The molecule has 2 aromatic rings. The van der Waals surface area contributed by atoms with Gasteiger partial charge in [-0.1, -0.05) is 35.9 Å². The van der Waals surface area contributed by atoms with E-state index in [9.17, 15) is 13.5 Å². The summed E-state index contributed by atoms with van der Waals surface area (Å²) >= 11 is 5.98. The molecule has 0 unspecified atom stereocenters. The predicted molar refractivity (Wildman–Crippen MR) is 79.3 cm³/mol. The number of rotatable bonds is 5. The van der Waals surface area contributed by atoms with Gasteiger partial charge in [0.05, 0.1) is 12.3 Å². The van der Waals surface area contributed by atoms with Gasteiger partial charge in [-0.3, -0.25) is 4.68 Å². The van der Waals surface area contributed by atoms with Gasteiger partial charge >= 0.3 is 0 Å². The molecule has 1 aromatic carbocycles. The molecule has 114 valence electrons. The summed E-state index contributed by atoms with van der Waals surface area (Å²) in [7, 11) is -2.19. The highest BCUT2D eigenvalue weighted by molar-refractivity contribution is 7.89. The van der Waals surface area contributed by atoms with Crippen molar-refractivity contribution in [3.63, 3.8) is 0 Å². The second kappa shape index (κ2) is 6.15. The van der Waals surface area contributed by atoms with Crippen molar-refractivity contribution in [1.29, 1.82) is 0 Å². The lowest BCUT2D eigenvalue weighted by Crippen LogP contribution is -2.24. The van der Waals surface area contributed by atoms with Crippen molar-refractivity contribution in [2.24, 2.45) is 7.05 Å². The fourth-order valence-corrected chi connectivity index (χ4v) is 3.80. The van der Waals surface area contributed by atoms with E-state index < -0.39 is 10.0 Å². The Morgan fingerprint density at radius 3 is 2.48 bits per heavy atom. The monoisotopic (exact) mass is 329 g/mol. The van der Waals surface area contributed by atoms with Crippen molar-refractivity contribution in [3.8, 4) is 0 Å². The summed E-state index contributed by atoms with van der Waals surface area (Å²) < 4.78 is 28.5. The smallest absolute Gasteiger partial charge is 0.245 e. The highest BCUT2D eigenvalue weighted by Gasteiger charge is 2.24. The van der Waals surface area contributed by atoms with Gasteiger partial charge in [-0.15, -0.1) is 0 Å². The molecule has 0 radical (unpaired) electrons. The molecule has 0 aliphatic rings. The average Bonchev–Trinajstić information content (AvgIpc) is 2.70. The number of sulfonamides is 1. The molecule has 0 amide bonds. The topological polar surface area (TPSA) is 84.2 Å². The molecule has 6 nitrogen and oxygen atoms in total. The van der Waals surface area contributed by atoms with Crippen LogP contribution in [0.2, 0.25) is 5.15 Å². The van der Waals surface area contributed by atoms with Crippen LogP contribution in [0.25, 0.3) is 0 Å². The number of hydrogen-bond acceptors (Lipinski definition) is 4. The molecule has 0 atom stereocenters. The Morgan fingerprint density at radius 1 is 1.33 bits per heavy atom. The van der Waals surface area contributed by atoms with Crippen molar-refractivity contribution in [2.75, 3.05) is 0 Å². The van der Waals surface area contributed by atoms with Crippen LogP contribution in [-0.2, 0) is 30.2 Å². The number of nitrogens with one attached hydrogen (secondary N) is 1. The Kier molecular flexibility index (Phi) is 4.67. The maximum atomic E-state index is 12.3. The highest BCUT2D eigenvalue weighted by atomic mass is 35.5. The van der Waals surface area contributed by atoms with Gasteiger partial charge in [-0.25, -0.2) is 13.1 Å². The molecule has 2 N–H and O–H groups in total. The minimum Gasteiger partial charge on any atom is -0.392 e. The average molecular weight is 330 g/mol. The minimum atomic E-state index is -3.77. The first-order valence-electron chi connectivity index (χ1n) is 6.23. The van der Waals surface area contributed by atoms with Crippen LogP contribution in [0.3, 0.4) is 0 Å². The van der Waals surface area contributed by atoms with Crippen LogP contribution >= 0.6 is 11.6 Å². The molecular formula is C13H16ClN3O3S. The predicted octanol–water partition coefficient (Wildman–Crippen LogP) is 1.35. The lowest BCUT2D eigenvalue weighted by Gasteiger charge is -2.09. The largest absolute Gasteiger partial charge is 0.392 e. The molecule has 1 heterocycles. The van der Waals surface area contributed by atoms with Gasteiger partial charge in [0.2, 0.25) is 10.0 Å². The lowest BCUT2D eigenvalue weighted by atomic mass is 10.1. The van der Waals surface area contributed by atoms with Crippen LogP contribution in [0.15, 0.2) is 29.2 Å². The van der Waals surface area contributed by atoms with Gasteiger partial charge in [-0.05, 0) is 18.1 Å². The summed E-state index contributed by atoms with van der Waals surface area (Å²) in [6.07, 6.45) is 0. The number of benzene rings is 1. The molecule has 0 bridgehead atoms. The van der Waals surface area contributed by atoms with Crippen LogP contribution in [0.4, 0.5) is 0 Å². The van der Waals surface area contributed by atoms with Gasteiger partial charge in [0.25, 0.3) is 0 Å². The number of aryl methyl sites for hydroxylation is 2. The second-order valence-corrected chi connectivity index (χ2v) is 6.64. The fraction of sp³-hybridized carbons (Fsp3) is 0.308. The maximum Gasteiger partial charge on any atom is 0.245 e. The lowest BCUT2D eigenvalue weighted by molar-refractivity contribution is 0.280. The van der Waals surface area contributed by atoms with E-state index in [1.165, 1.54) is 4.68 Å².